The lowest BCUT2D eigenvalue weighted by atomic mass is 9.94. The number of fused-ring (bicyclic) bond motifs is 1. The number of hydrogen-bond donors (Lipinski definition) is 0. The Balaban J connectivity index is 0.000000590. The highest BCUT2D eigenvalue weighted by molar-refractivity contribution is 5.83. The van der Waals surface area contributed by atoms with Gasteiger partial charge >= 0.3 is 0 Å². The Morgan fingerprint density at radius 2 is 1.67 bits per heavy atom. The largest absolute Gasteiger partial charge is 0.344 e. The number of hydrogen-bond acceptors (Lipinski definition) is 3. The Hall–Kier alpha value is -1.88. The summed E-state index contributed by atoms with van der Waals surface area (Å²) in [6, 6.07) is 2.60. The van der Waals surface area contributed by atoms with E-state index in [9.17, 15) is 4.79 Å². The van der Waals surface area contributed by atoms with Crippen molar-refractivity contribution in [3.8, 4) is 0 Å². The van der Waals surface area contributed by atoms with Gasteiger partial charge < -0.3 is 14.4 Å². The number of amides is 1. The Morgan fingerprint density at radius 3 is 2.27 bits per heavy atom. The van der Waals surface area contributed by atoms with Gasteiger partial charge in [0.15, 0.2) is 0 Å². The number of nitrogens with zero attached hydrogens (tertiary/aromatic N) is 4. The molecule has 2 saturated heterocycles. The first-order chi connectivity index (χ1) is 14.5. The molecular formula is C25H42N4O. The molecule has 5 heteroatoms. The zero-order valence-electron chi connectivity index (χ0n) is 20.0. The Bertz CT molecular complexity index is 769. The monoisotopic (exact) mass is 414 g/mol. The van der Waals surface area contributed by atoms with E-state index >= 15 is 0 Å². The van der Waals surface area contributed by atoms with Crippen LogP contribution in [-0.4, -0.2) is 58.5 Å². The van der Waals surface area contributed by atoms with Crippen LogP contribution in [0, 0.1) is 12.8 Å². The summed E-state index contributed by atoms with van der Waals surface area (Å²) in [4.78, 5) is 21.5. The van der Waals surface area contributed by atoms with Crippen LogP contribution in [0.15, 0.2) is 24.7 Å². The van der Waals surface area contributed by atoms with E-state index in [1.165, 1.54) is 22.9 Å². The van der Waals surface area contributed by atoms with Crippen LogP contribution in [0.4, 0.5) is 0 Å². The first-order valence-electron chi connectivity index (χ1n) is 11.9. The van der Waals surface area contributed by atoms with E-state index in [1.54, 1.807) is 0 Å². The minimum atomic E-state index is 0.244. The predicted octanol–water partition coefficient (Wildman–Crippen LogP) is 5.29. The van der Waals surface area contributed by atoms with Crippen molar-refractivity contribution in [3.05, 3.63) is 30.2 Å². The van der Waals surface area contributed by atoms with Crippen LogP contribution in [0.1, 0.15) is 71.4 Å². The number of aromatic nitrogens is 2. The predicted molar refractivity (Wildman–Crippen MR) is 127 cm³/mol. The average Bonchev–Trinajstić information content (AvgIpc) is 3.13. The van der Waals surface area contributed by atoms with Gasteiger partial charge in [-0.3, -0.25) is 9.78 Å². The molecule has 5 nitrogen and oxygen atoms in total. The van der Waals surface area contributed by atoms with Crippen LogP contribution in [-0.2, 0) is 4.79 Å². The fourth-order valence-electron chi connectivity index (χ4n) is 4.44. The molecule has 0 aliphatic carbocycles. The SMILES string of the molecule is CC.CCC.Cc1cn(C2CCN(C(=O)C3CCN(C)CC3)CC2)c2ccncc12. The van der Waals surface area contributed by atoms with Crippen LogP contribution in [0.2, 0.25) is 0 Å². The lowest BCUT2D eigenvalue weighted by Crippen LogP contribution is -2.45. The molecule has 0 atom stereocenters. The first-order valence-corrected chi connectivity index (χ1v) is 11.9. The second-order valence-electron chi connectivity index (χ2n) is 8.45. The zero-order valence-corrected chi connectivity index (χ0v) is 20.0. The third-order valence-corrected chi connectivity index (χ3v) is 6.07. The van der Waals surface area contributed by atoms with Gasteiger partial charge in [0, 0.05) is 49.0 Å². The van der Waals surface area contributed by atoms with Gasteiger partial charge in [-0.05, 0) is 64.4 Å². The highest BCUT2D eigenvalue weighted by Crippen LogP contribution is 2.30. The van der Waals surface area contributed by atoms with Crippen molar-refractivity contribution in [2.75, 3.05) is 33.2 Å². The standard InChI is InChI=1S/C20H28N4O.C3H8.C2H6/c1-15-14-24(19-3-8-21-13-18(15)19)17-6-11-23(12-7-17)20(25)16-4-9-22(2)10-5-16;1-3-2;1-2/h3,8,13-14,16-17H,4-7,9-12H2,1-2H3;3H2,1-2H3;1-2H3. The number of rotatable bonds is 2. The van der Waals surface area contributed by atoms with Crippen LogP contribution in [0.25, 0.3) is 10.9 Å². The maximum absolute atomic E-state index is 12.8. The van der Waals surface area contributed by atoms with E-state index in [1.807, 2.05) is 26.2 Å². The normalized spacial score (nSPS) is 18.4. The quantitative estimate of drug-likeness (QED) is 0.670. The summed E-state index contributed by atoms with van der Waals surface area (Å²) in [5.74, 6) is 0.637. The molecule has 2 aliphatic heterocycles. The summed E-state index contributed by atoms with van der Waals surface area (Å²) in [5.41, 5.74) is 2.56. The second-order valence-corrected chi connectivity index (χ2v) is 8.45. The molecule has 0 aromatic carbocycles. The molecule has 0 spiro atoms. The summed E-state index contributed by atoms with van der Waals surface area (Å²) < 4.78 is 2.41. The molecule has 2 aromatic heterocycles. The smallest absolute Gasteiger partial charge is 0.225 e. The minimum absolute atomic E-state index is 0.244. The van der Waals surface area contributed by atoms with Gasteiger partial charge in [-0.1, -0.05) is 34.1 Å². The van der Waals surface area contributed by atoms with Crippen molar-refractivity contribution >= 4 is 16.8 Å². The maximum atomic E-state index is 12.8. The molecule has 30 heavy (non-hydrogen) atoms. The van der Waals surface area contributed by atoms with Gasteiger partial charge in [0.2, 0.25) is 5.91 Å². The molecule has 2 fully saturated rings. The van der Waals surface area contributed by atoms with E-state index in [4.69, 9.17) is 0 Å². The molecule has 0 N–H and O–H groups in total. The number of carbonyl (C=O) groups excluding carboxylic acids is 1. The molecule has 2 aliphatic rings. The van der Waals surface area contributed by atoms with Gasteiger partial charge in [0.25, 0.3) is 0 Å². The molecule has 168 valence electrons. The molecule has 2 aromatic rings. The topological polar surface area (TPSA) is 41.4 Å². The minimum Gasteiger partial charge on any atom is -0.344 e. The second kappa shape index (κ2) is 12.1. The number of aryl methyl sites for hydroxylation is 1. The Labute approximate surface area is 183 Å². The number of piperidine rings is 2. The number of carbonyl (C=O) groups is 1. The van der Waals surface area contributed by atoms with Crippen molar-refractivity contribution in [1.82, 2.24) is 19.4 Å². The first kappa shape index (κ1) is 24.4. The van der Waals surface area contributed by atoms with E-state index in [0.29, 0.717) is 11.9 Å². The van der Waals surface area contributed by atoms with Gasteiger partial charge in [0.05, 0.1) is 5.52 Å². The van der Waals surface area contributed by atoms with Crippen LogP contribution >= 0.6 is 0 Å². The van der Waals surface area contributed by atoms with E-state index < -0.39 is 0 Å². The maximum Gasteiger partial charge on any atom is 0.225 e. The van der Waals surface area contributed by atoms with Crippen molar-refractivity contribution in [2.24, 2.45) is 5.92 Å². The molecule has 4 rings (SSSR count). The molecule has 1 amide bonds. The summed E-state index contributed by atoms with van der Waals surface area (Å²) in [6.45, 7) is 14.3. The van der Waals surface area contributed by atoms with Gasteiger partial charge in [-0.2, -0.15) is 0 Å². The van der Waals surface area contributed by atoms with Crippen LogP contribution in [0.3, 0.4) is 0 Å². The van der Waals surface area contributed by atoms with Crippen LogP contribution in [0.5, 0.6) is 0 Å². The van der Waals surface area contributed by atoms with E-state index in [2.05, 4.69) is 59.4 Å². The molecule has 4 heterocycles. The lowest BCUT2D eigenvalue weighted by molar-refractivity contribution is -0.138. The fraction of sp³-hybridized carbons (Fsp3) is 0.680. The summed E-state index contributed by atoms with van der Waals surface area (Å²) in [7, 11) is 2.14. The van der Waals surface area contributed by atoms with E-state index in [-0.39, 0.29) is 5.92 Å². The lowest BCUT2D eigenvalue weighted by Gasteiger charge is -2.37. The Morgan fingerprint density at radius 1 is 1.07 bits per heavy atom. The fourth-order valence-corrected chi connectivity index (χ4v) is 4.44. The Kier molecular flexibility index (Phi) is 9.83. The zero-order chi connectivity index (χ0) is 22.1. The molecule has 0 saturated carbocycles. The van der Waals surface area contributed by atoms with Crippen molar-refractivity contribution < 1.29 is 4.79 Å². The molecule has 0 radical (unpaired) electrons. The molecular weight excluding hydrogens is 372 g/mol. The number of pyridine rings is 1. The number of likely N-dealkylation sites (tertiary alicyclic amines) is 2. The third kappa shape index (κ3) is 5.84. The van der Waals surface area contributed by atoms with Gasteiger partial charge in [-0.15, -0.1) is 0 Å². The van der Waals surface area contributed by atoms with E-state index in [0.717, 1.165) is 51.9 Å². The van der Waals surface area contributed by atoms with Crippen LogP contribution < -0.4 is 0 Å². The highest BCUT2D eigenvalue weighted by atomic mass is 16.2. The van der Waals surface area contributed by atoms with Crippen molar-refractivity contribution in [3.63, 3.8) is 0 Å². The van der Waals surface area contributed by atoms with Gasteiger partial charge in [0.1, 0.15) is 0 Å². The van der Waals surface area contributed by atoms with Crippen molar-refractivity contribution in [1.29, 1.82) is 0 Å². The molecule has 0 unspecified atom stereocenters. The third-order valence-electron chi connectivity index (χ3n) is 6.07. The van der Waals surface area contributed by atoms with Gasteiger partial charge in [-0.25, -0.2) is 0 Å². The summed E-state index contributed by atoms with van der Waals surface area (Å²) >= 11 is 0. The molecule has 0 bridgehead atoms. The summed E-state index contributed by atoms with van der Waals surface area (Å²) in [6.07, 6.45) is 11.5. The average molecular weight is 415 g/mol. The van der Waals surface area contributed by atoms with Crippen molar-refractivity contribution in [2.45, 2.75) is 72.8 Å². The summed E-state index contributed by atoms with van der Waals surface area (Å²) in [5, 5.41) is 1.24. The highest BCUT2D eigenvalue weighted by Gasteiger charge is 2.30.